The lowest BCUT2D eigenvalue weighted by atomic mass is 10.1. The normalized spacial score (nSPS) is 15.9. The summed E-state index contributed by atoms with van der Waals surface area (Å²) in [5, 5.41) is 18.6. The van der Waals surface area contributed by atoms with Gasteiger partial charge in [-0.25, -0.2) is 4.79 Å². The SMILES string of the molecule is CC(C)(C)OC(=O)CC(NC(=O)OC(C)(C)C)C(=O)N1c2ccccc2CC1C(=O)NCc1nn[nH]n1. The van der Waals surface area contributed by atoms with E-state index in [0.29, 0.717) is 5.69 Å². The van der Waals surface area contributed by atoms with Crippen LogP contribution in [0.15, 0.2) is 24.3 Å². The average molecular weight is 516 g/mol. The first kappa shape index (κ1) is 27.6. The summed E-state index contributed by atoms with van der Waals surface area (Å²) in [5.74, 6) is -1.52. The van der Waals surface area contributed by atoms with Gasteiger partial charge >= 0.3 is 12.1 Å². The van der Waals surface area contributed by atoms with Gasteiger partial charge in [0.15, 0.2) is 5.82 Å². The molecule has 1 aliphatic rings. The molecule has 0 saturated carbocycles. The van der Waals surface area contributed by atoms with Gasteiger partial charge in [-0.1, -0.05) is 23.4 Å². The second kappa shape index (κ2) is 10.9. The third-order valence-corrected chi connectivity index (χ3v) is 5.11. The van der Waals surface area contributed by atoms with Crippen molar-refractivity contribution in [3.63, 3.8) is 0 Å². The van der Waals surface area contributed by atoms with E-state index >= 15 is 0 Å². The average Bonchev–Trinajstić information content (AvgIpc) is 3.41. The number of para-hydroxylation sites is 1. The van der Waals surface area contributed by atoms with Crippen LogP contribution in [-0.4, -0.2) is 67.8 Å². The Morgan fingerprint density at radius 1 is 1.08 bits per heavy atom. The molecular weight excluding hydrogens is 482 g/mol. The molecular formula is C24H33N7O6. The molecule has 0 fully saturated rings. The van der Waals surface area contributed by atoms with Gasteiger partial charge in [-0.05, 0) is 53.2 Å². The summed E-state index contributed by atoms with van der Waals surface area (Å²) in [6, 6.07) is 4.78. The Hall–Kier alpha value is -4.03. The minimum atomic E-state index is -1.34. The molecule has 0 spiro atoms. The Kier molecular flexibility index (Phi) is 8.14. The molecule has 2 heterocycles. The minimum absolute atomic E-state index is 0.00169. The number of ether oxygens (including phenoxy) is 2. The standard InChI is InChI=1S/C24H33N7O6/c1-23(2,3)36-19(32)12-15(26-22(35)37-24(4,5)6)21(34)31-16-10-8-7-9-14(16)11-17(31)20(33)25-13-18-27-29-30-28-18/h7-10,15,17H,11-13H2,1-6H3,(H,25,33)(H,26,35)(H,27,28,29,30). The highest BCUT2D eigenvalue weighted by Crippen LogP contribution is 2.33. The minimum Gasteiger partial charge on any atom is -0.460 e. The van der Waals surface area contributed by atoms with E-state index in [9.17, 15) is 19.2 Å². The molecule has 13 nitrogen and oxygen atoms in total. The zero-order valence-electron chi connectivity index (χ0n) is 21.8. The molecule has 0 saturated heterocycles. The highest BCUT2D eigenvalue weighted by atomic mass is 16.6. The number of tetrazole rings is 1. The molecule has 3 rings (SSSR count). The molecule has 3 N–H and O–H groups in total. The smallest absolute Gasteiger partial charge is 0.408 e. The zero-order chi connectivity index (χ0) is 27.4. The second-order valence-electron chi connectivity index (χ2n) is 10.6. The van der Waals surface area contributed by atoms with E-state index < -0.39 is 53.6 Å². The lowest BCUT2D eigenvalue weighted by molar-refractivity contribution is -0.156. The van der Waals surface area contributed by atoms with Crippen molar-refractivity contribution >= 4 is 29.6 Å². The Morgan fingerprint density at radius 3 is 2.38 bits per heavy atom. The van der Waals surface area contributed by atoms with Crippen LogP contribution in [0, 0.1) is 0 Å². The van der Waals surface area contributed by atoms with Gasteiger partial charge in [0.25, 0.3) is 5.91 Å². The third-order valence-electron chi connectivity index (χ3n) is 5.11. The quantitative estimate of drug-likeness (QED) is 0.461. The van der Waals surface area contributed by atoms with Crippen molar-refractivity contribution in [1.29, 1.82) is 0 Å². The van der Waals surface area contributed by atoms with Crippen molar-refractivity contribution < 1.29 is 28.7 Å². The number of nitrogens with zero attached hydrogens (tertiary/aromatic N) is 4. The lowest BCUT2D eigenvalue weighted by Gasteiger charge is -2.30. The lowest BCUT2D eigenvalue weighted by Crippen LogP contribution is -2.56. The molecule has 200 valence electrons. The van der Waals surface area contributed by atoms with Crippen LogP contribution in [0.25, 0.3) is 0 Å². The van der Waals surface area contributed by atoms with Crippen LogP contribution in [-0.2, 0) is 36.8 Å². The first-order valence-corrected chi connectivity index (χ1v) is 11.9. The van der Waals surface area contributed by atoms with Crippen molar-refractivity contribution in [3.05, 3.63) is 35.7 Å². The number of aromatic amines is 1. The predicted molar refractivity (Wildman–Crippen MR) is 131 cm³/mol. The Balaban J connectivity index is 1.88. The number of hydrogen-bond acceptors (Lipinski definition) is 9. The van der Waals surface area contributed by atoms with Crippen molar-refractivity contribution in [2.24, 2.45) is 0 Å². The van der Waals surface area contributed by atoms with Crippen LogP contribution in [0.1, 0.15) is 59.4 Å². The van der Waals surface area contributed by atoms with Crippen LogP contribution in [0.5, 0.6) is 0 Å². The van der Waals surface area contributed by atoms with Crippen molar-refractivity contribution in [2.75, 3.05) is 4.90 Å². The monoisotopic (exact) mass is 515 g/mol. The largest absolute Gasteiger partial charge is 0.460 e. The molecule has 13 heteroatoms. The molecule has 1 aromatic carbocycles. The van der Waals surface area contributed by atoms with E-state index in [1.54, 1.807) is 59.7 Å². The van der Waals surface area contributed by atoms with Gasteiger partial charge in [-0.15, -0.1) is 10.2 Å². The number of carbonyl (C=O) groups excluding carboxylic acids is 4. The molecule has 0 bridgehead atoms. The molecule has 3 amide bonds. The van der Waals surface area contributed by atoms with Crippen LogP contribution < -0.4 is 15.5 Å². The van der Waals surface area contributed by atoms with Crippen LogP contribution >= 0.6 is 0 Å². The number of aromatic nitrogens is 4. The zero-order valence-corrected chi connectivity index (χ0v) is 21.8. The maximum Gasteiger partial charge on any atom is 0.408 e. The van der Waals surface area contributed by atoms with Crippen molar-refractivity contribution in [2.45, 2.75) is 84.2 Å². The number of anilines is 1. The van der Waals surface area contributed by atoms with Crippen LogP contribution in [0.2, 0.25) is 0 Å². The fraction of sp³-hybridized carbons (Fsp3) is 0.542. The highest BCUT2D eigenvalue weighted by molar-refractivity contribution is 6.07. The number of alkyl carbamates (subject to hydrolysis) is 1. The predicted octanol–water partition coefficient (Wildman–Crippen LogP) is 1.40. The summed E-state index contributed by atoms with van der Waals surface area (Å²) in [6.07, 6.45) is -1.09. The van der Waals surface area contributed by atoms with E-state index in [1.807, 2.05) is 6.07 Å². The molecule has 1 aromatic heterocycles. The number of nitrogens with one attached hydrogen (secondary N) is 3. The summed E-state index contributed by atoms with van der Waals surface area (Å²) in [5.41, 5.74) is -0.355. The Morgan fingerprint density at radius 2 is 1.76 bits per heavy atom. The number of rotatable bonds is 7. The van der Waals surface area contributed by atoms with Gasteiger partial charge in [0.2, 0.25) is 5.91 Å². The molecule has 37 heavy (non-hydrogen) atoms. The summed E-state index contributed by atoms with van der Waals surface area (Å²) in [7, 11) is 0. The number of benzene rings is 1. The Labute approximate surface area is 214 Å². The summed E-state index contributed by atoms with van der Waals surface area (Å²) in [6.45, 7) is 10.1. The number of carbonyl (C=O) groups is 4. The number of amides is 3. The van der Waals surface area contributed by atoms with E-state index in [2.05, 4.69) is 31.3 Å². The van der Waals surface area contributed by atoms with Gasteiger partial charge in [0.1, 0.15) is 23.3 Å². The second-order valence-corrected chi connectivity index (χ2v) is 10.6. The van der Waals surface area contributed by atoms with Gasteiger partial charge < -0.3 is 20.1 Å². The summed E-state index contributed by atoms with van der Waals surface area (Å²) in [4.78, 5) is 53.6. The number of H-pyrrole nitrogens is 1. The van der Waals surface area contributed by atoms with E-state index in [-0.39, 0.29) is 18.8 Å². The maximum atomic E-state index is 13.9. The van der Waals surface area contributed by atoms with Crippen LogP contribution in [0.3, 0.4) is 0 Å². The molecule has 1 aliphatic heterocycles. The molecule has 0 radical (unpaired) electrons. The van der Waals surface area contributed by atoms with E-state index in [4.69, 9.17) is 9.47 Å². The van der Waals surface area contributed by atoms with Gasteiger partial charge in [-0.3, -0.25) is 19.3 Å². The van der Waals surface area contributed by atoms with E-state index in [0.717, 1.165) is 5.56 Å². The fourth-order valence-electron chi connectivity index (χ4n) is 3.78. The summed E-state index contributed by atoms with van der Waals surface area (Å²) < 4.78 is 10.7. The number of esters is 1. The van der Waals surface area contributed by atoms with Gasteiger partial charge in [0.05, 0.1) is 13.0 Å². The molecule has 2 aromatic rings. The topological polar surface area (TPSA) is 168 Å². The maximum absolute atomic E-state index is 13.9. The number of hydrogen-bond donors (Lipinski definition) is 3. The fourth-order valence-corrected chi connectivity index (χ4v) is 3.78. The number of fused-ring (bicyclic) bond motifs is 1. The van der Waals surface area contributed by atoms with Crippen molar-refractivity contribution in [3.8, 4) is 0 Å². The molecule has 0 aliphatic carbocycles. The summed E-state index contributed by atoms with van der Waals surface area (Å²) >= 11 is 0. The first-order chi connectivity index (χ1) is 17.2. The highest BCUT2D eigenvalue weighted by Gasteiger charge is 2.42. The first-order valence-electron chi connectivity index (χ1n) is 11.9. The molecule has 2 unspecified atom stereocenters. The van der Waals surface area contributed by atoms with Gasteiger partial charge in [0, 0.05) is 12.1 Å². The third kappa shape index (κ3) is 7.72. The Bertz CT molecular complexity index is 1110. The molecule has 2 atom stereocenters. The van der Waals surface area contributed by atoms with Crippen molar-refractivity contribution in [1.82, 2.24) is 31.3 Å². The van der Waals surface area contributed by atoms with E-state index in [1.165, 1.54) is 4.90 Å². The van der Waals surface area contributed by atoms with Gasteiger partial charge in [-0.2, -0.15) is 5.21 Å². The van der Waals surface area contributed by atoms with Crippen LogP contribution in [0.4, 0.5) is 10.5 Å².